The highest BCUT2D eigenvalue weighted by molar-refractivity contribution is 5.79. The summed E-state index contributed by atoms with van der Waals surface area (Å²) in [5.74, 6) is -0.304. The topological polar surface area (TPSA) is 57.6 Å². The zero-order valence-electron chi connectivity index (χ0n) is 7.82. The predicted octanol–water partition coefficient (Wildman–Crippen LogP) is 0.720. The molecule has 1 atom stereocenters. The maximum absolute atomic E-state index is 11.3. The van der Waals surface area contributed by atoms with Crippen LogP contribution in [-0.2, 0) is 9.59 Å². The third-order valence-corrected chi connectivity index (χ3v) is 2.47. The van der Waals surface area contributed by atoms with Gasteiger partial charge in [-0.15, -0.1) is 0 Å². The Labute approximate surface area is 77.5 Å². The molecule has 0 bridgehead atoms. The lowest BCUT2D eigenvalue weighted by atomic mass is 10.1. The molecule has 0 spiro atoms. The van der Waals surface area contributed by atoms with Crippen LogP contribution < -0.4 is 0 Å². The zero-order chi connectivity index (χ0) is 9.84. The van der Waals surface area contributed by atoms with Crippen LogP contribution in [0.4, 0.5) is 0 Å². The van der Waals surface area contributed by atoms with Crippen LogP contribution in [0.3, 0.4) is 0 Å². The first-order chi connectivity index (χ1) is 6.13. The molecule has 0 saturated carbocycles. The lowest BCUT2D eigenvalue weighted by Gasteiger charge is -2.14. The Morgan fingerprint density at radius 1 is 1.69 bits per heavy atom. The van der Waals surface area contributed by atoms with Crippen LogP contribution >= 0.6 is 0 Å². The third kappa shape index (κ3) is 2.72. The first-order valence-electron chi connectivity index (χ1n) is 4.63. The molecule has 1 aliphatic heterocycles. The molecule has 0 aromatic carbocycles. The van der Waals surface area contributed by atoms with Crippen molar-refractivity contribution in [3.05, 3.63) is 0 Å². The zero-order valence-corrected chi connectivity index (χ0v) is 7.82. The van der Waals surface area contributed by atoms with E-state index < -0.39 is 5.97 Å². The smallest absolute Gasteiger partial charge is 0.305 e. The second-order valence-electron chi connectivity index (χ2n) is 3.46. The second kappa shape index (κ2) is 4.25. The monoisotopic (exact) mass is 185 g/mol. The van der Waals surface area contributed by atoms with Gasteiger partial charge in [0.25, 0.3) is 0 Å². The molecular formula is C9H15NO3. The largest absolute Gasteiger partial charge is 0.481 e. The van der Waals surface area contributed by atoms with Gasteiger partial charge in [-0.05, 0) is 5.92 Å². The molecule has 0 aromatic heterocycles. The second-order valence-corrected chi connectivity index (χ2v) is 3.46. The highest BCUT2D eigenvalue weighted by Crippen LogP contribution is 2.20. The number of hydrogen-bond acceptors (Lipinski definition) is 2. The lowest BCUT2D eigenvalue weighted by molar-refractivity contribution is -0.137. The van der Waals surface area contributed by atoms with E-state index in [1.54, 1.807) is 4.90 Å². The molecule has 0 aliphatic carbocycles. The number of carboxylic acid groups (broad SMARTS) is 1. The van der Waals surface area contributed by atoms with E-state index in [1.165, 1.54) is 0 Å². The van der Waals surface area contributed by atoms with E-state index in [9.17, 15) is 9.59 Å². The lowest BCUT2D eigenvalue weighted by Crippen LogP contribution is -2.27. The molecular weight excluding hydrogens is 170 g/mol. The van der Waals surface area contributed by atoms with Crippen LogP contribution in [-0.4, -0.2) is 35.0 Å². The number of aliphatic carboxylic acids is 1. The van der Waals surface area contributed by atoms with Gasteiger partial charge in [0.15, 0.2) is 0 Å². The summed E-state index contributed by atoms with van der Waals surface area (Å²) < 4.78 is 0. The van der Waals surface area contributed by atoms with Crippen molar-refractivity contribution in [3.63, 3.8) is 0 Å². The summed E-state index contributed by atoms with van der Waals surface area (Å²) in [7, 11) is 0. The normalized spacial score (nSPS) is 22.4. The Morgan fingerprint density at radius 3 is 2.85 bits per heavy atom. The van der Waals surface area contributed by atoms with Crippen molar-refractivity contribution in [2.45, 2.75) is 26.2 Å². The van der Waals surface area contributed by atoms with Gasteiger partial charge >= 0.3 is 5.97 Å². The highest BCUT2D eigenvalue weighted by Gasteiger charge is 2.27. The molecule has 0 radical (unpaired) electrons. The molecule has 13 heavy (non-hydrogen) atoms. The van der Waals surface area contributed by atoms with E-state index >= 15 is 0 Å². The summed E-state index contributed by atoms with van der Waals surface area (Å²) in [6.45, 7) is 3.16. The summed E-state index contributed by atoms with van der Waals surface area (Å²) >= 11 is 0. The fourth-order valence-corrected chi connectivity index (χ4v) is 1.57. The molecule has 1 aliphatic rings. The summed E-state index contributed by atoms with van der Waals surface area (Å²) in [5, 5.41) is 8.45. The van der Waals surface area contributed by atoms with Crippen LogP contribution in [0.15, 0.2) is 0 Å². The van der Waals surface area contributed by atoms with Crippen molar-refractivity contribution in [1.82, 2.24) is 4.90 Å². The Kier molecular flexibility index (Phi) is 3.28. The fourth-order valence-electron chi connectivity index (χ4n) is 1.57. The van der Waals surface area contributed by atoms with Gasteiger partial charge in [0.2, 0.25) is 5.91 Å². The Balaban J connectivity index is 2.35. The van der Waals surface area contributed by atoms with Crippen molar-refractivity contribution < 1.29 is 14.7 Å². The number of carboxylic acids is 1. The molecule has 1 fully saturated rings. The molecule has 1 heterocycles. The van der Waals surface area contributed by atoms with E-state index in [0.717, 1.165) is 13.0 Å². The molecule has 1 N–H and O–H groups in total. The fraction of sp³-hybridized carbons (Fsp3) is 0.778. The molecule has 0 aromatic rings. The van der Waals surface area contributed by atoms with Gasteiger partial charge in [-0.1, -0.05) is 13.3 Å². The molecule has 1 amide bonds. The quantitative estimate of drug-likeness (QED) is 0.702. The maximum atomic E-state index is 11.3. The molecule has 4 heteroatoms. The van der Waals surface area contributed by atoms with E-state index in [1.807, 2.05) is 0 Å². The minimum atomic E-state index is -0.840. The number of nitrogens with zero attached hydrogens (tertiary/aromatic N) is 1. The molecule has 74 valence electrons. The SMILES string of the molecule is CCC1CC(=O)N(CCC(=O)O)C1. The Bertz CT molecular complexity index is 215. The minimum absolute atomic E-state index is 0.0577. The number of rotatable bonds is 4. The molecule has 1 unspecified atom stereocenters. The highest BCUT2D eigenvalue weighted by atomic mass is 16.4. The van der Waals surface area contributed by atoms with Crippen LogP contribution in [0, 0.1) is 5.92 Å². The number of amides is 1. The van der Waals surface area contributed by atoms with Crippen LogP contribution in [0.25, 0.3) is 0 Å². The van der Waals surface area contributed by atoms with Crippen molar-refractivity contribution >= 4 is 11.9 Å². The van der Waals surface area contributed by atoms with Crippen molar-refractivity contribution in [1.29, 1.82) is 0 Å². The number of carbonyl (C=O) groups excluding carboxylic acids is 1. The van der Waals surface area contributed by atoms with Crippen molar-refractivity contribution in [3.8, 4) is 0 Å². The summed E-state index contributed by atoms with van der Waals surface area (Å²) in [6, 6.07) is 0. The maximum Gasteiger partial charge on any atom is 0.305 e. The van der Waals surface area contributed by atoms with Crippen LogP contribution in [0.5, 0.6) is 0 Å². The van der Waals surface area contributed by atoms with Gasteiger partial charge in [-0.25, -0.2) is 0 Å². The first-order valence-corrected chi connectivity index (χ1v) is 4.63. The minimum Gasteiger partial charge on any atom is -0.481 e. The average molecular weight is 185 g/mol. The number of carbonyl (C=O) groups is 2. The standard InChI is InChI=1S/C9H15NO3/c1-2-7-5-8(11)10(6-7)4-3-9(12)13/h7H,2-6H2,1H3,(H,12,13). The van der Waals surface area contributed by atoms with Gasteiger partial charge in [0.05, 0.1) is 6.42 Å². The average Bonchev–Trinajstić information content (AvgIpc) is 2.43. The molecule has 1 rings (SSSR count). The first kappa shape index (κ1) is 10.0. The van der Waals surface area contributed by atoms with E-state index in [0.29, 0.717) is 18.9 Å². The summed E-state index contributed by atoms with van der Waals surface area (Å²) in [5.41, 5.74) is 0. The van der Waals surface area contributed by atoms with Crippen molar-refractivity contribution in [2.24, 2.45) is 5.92 Å². The predicted molar refractivity (Wildman–Crippen MR) is 47.2 cm³/mol. The van der Waals surface area contributed by atoms with Crippen molar-refractivity contribution in [2.75, 3.05) is 13.1 Å². The van der Waals surface area contributed by atoms with E-state index in [2.05, 4.69) is 6.92 Å². The molecule has 4 nitrogen and oxygen atoms in total. The number of likely N-dealkylation sites (tertiary alicyclic amines) is 1. The Hall–Kier alpha value is -1.06. The van der Waals surface area contributed by atoms with Gasteiger partial charge in [0.1, 0.15) is 0 Å². The van der Waals surface area contributed by atoms with Gasteiger partial charge < -0.3 is 10.0 Å². The van der Waals surface area contributed by atoms with Gasteiger partial charge in [-0.2, -0.15) is 0 Å². The third-order valence-electron chi connectivity index (χ3n) is 2.47. The molecule has 1 saturated heterocycles. The van der Waals surface area contributed by atoms with Crippen LogP contribution in [0.2, 0.25) is 0 Å². The van der Waals surface area contributed by atoms with Crippen LogP contribution in [0.1, 0.15) is 26.2 Å². The Morgan fingerprint density at radius 2 is 2.38 bits per heavy atom. The van der Waals surface area contributed by atoms with E-state index in [-0.39, 0.29) is 12.3 Å². The van der Waals surface area contributed by atoms with Gasteiger partial charge in [0, 0.05) is 19.5 Å². The summed E-state index contributed by atoms with van der Waals surface area (Å²) in [4.78, 5) is 23.2. The van der Waals surface area contributed by atoms with E-state index in [4.69, 9.17) is 5.11 Å². The number of hydrogen-bond donors (Lipinski definition) is 1. The van der Waals surface area contributed by atoms with Gasteiger partial charge in [-0.3, -0.25) is 9.59 Å². The summed E-state index contributed by atoms with van der Waals surface area (Å²) in [6.07, 6.45) is 1.65.